The fourth-order valence-corrected chi connectivity index (χ4v) is 5.01. The van der Waals surface area contributed by atoms with Gasteiger partial charge in [0.1, 0.15) is 15.7 Å². The number of nitrogens with zero attached hydrogens (tertiary/aromatic N) is 2. The van der Waals surface area contributed by atoms with Gasteiger partial charge in [-0.05, 0) is 45.1 Å². The zero-order chi connectivity index (χ0) is 14.8. The molecule has 6 heteroatoms. The quantitative estimate of drug-likeness (QED) is 0.694. The van der Waals surface area contributed by atoms with Gasteiger partial charge in [0.25, 0.3) is 0 Å². The highest BCUT2D eigenvalue weighted by atomic mass is 32.2. The van der Waals surface area contributed by atoms with E-state index in [1.54, 1.807) is 0 Å². The number of fused-ring (bicyclic) bond motifs is 3. The van der Waals surface area contributed by atoms with Gasteiger partial charge >= 0.3 is 0 Å². The first kappa shape index (κ1) is 14.8. The van der Waals surface area contributed by atoms with Crippen molar-refractivity contribution in [2.75, 3.05) is 12.3 Å². The number of hydrogen-bond donors (Lipinski definition) is 1. The third kappa shape index (κ3) is 3.06. The first-order valence-corrected chi connectivity index (χ1v) is 9.17. The molecule has 0 bridgehead atoms. The number of thiophene rings is 1. The molecule has 0 saturated carbocycles. The maximum absolute atomic E-state index is 11.7. The smallest absolute Gasteiger partial charge is 0.230 e. The van der Waals surface area contributed by atoms with Crippen LogP contribution in [0, 0.1) is 6.92 Å². The van der Waals surface area contributed by atoms with E-state index < -0.39 is 0 Å². The second kappa shape index (κ2) is 6.32. The Labute approximate surface area is 132 Å². The zero-order valence-electron chi connectivity index (χ0n) is 12.4. The molecule has 0 atom stereocenters. The summed E-state index contributed by atoms with van der Waals surface area (Å²) in [6, 6.07) is 0. The lowest BCUT2D eigenvalue weighted by Crippen LogP contribution is -2.24. The SMILES string of the molecule is CCNC(=O)CSc1nc(C)nc2sc3c(c12)CCCC3. The lowest BCUT2D eigenvalue weighted by Gasteiger charge is -2.11. The molecule has 0 spiro atoms. The number of aromatic nitrogens is 2. The van der Waals surface area contributed by atoms with E-state index >= 15 is 0 Å². The van der Waals surface area contributed by atoms with Crippen molar-refractivity contribution in [3.63, 3.8) is 0 Å². The molecule has 2 aromatic heterocycles. The number of rotatable bonds is 4. The average Bonchev–Trinajstić information content (AvgIpc) is 2.83. The van der Waals surface area contributed by atoms with Crippen molar-refractivity contribution in [2.24, 2.45) is 0 Å². The molecule has 1 aliphatic rings. The van der Waals surface area contributed by atoms with Crippen molar-refractivity contribution >= 4 is 39.2 Å². The Balaban J connectivity index is 1.96. The minimum absolute atomic E-state index is 0.0658. The highest BCUT2D eigenvalue weighted by Crippen LogP contribution is 2.39. The van der Waals surface area contributed by atoms with E-state index in [-0.39, 0.29) is 5.91 Å². The average molecular weight is 321 g/mol. The van der Waals surface area contributed by atoms with Crippen molar-refractivity contribution in [2.45, 2.75) is 44.6 Å². The van der Waals surface area contributed by atoms with Crippen LogP contribution >= 0.6 is 23.1 Å². The van der Waals surface area contributed by atoms with Crippen LogP contribution < -0.4 is 5.32 Å². The molecule has 0 unspecified atom stereocenters. The molecule has 4 nitrogen and oxygen atoms in total. The summed E-state index contributed by atoms with van der Waals surface area (Å²) in [6.45, 7) is 4.53. The van der Waals surface area contributed by atoms with Gasteiger partial charge in [0, 0.05) is 16.8 Å². The third-order valence-corrected chi connectivity index (χ3v) is 5.77. The number of nitrogens with one attached hydrogen (secondary N) is 1. The van der Waals surface area contributed by atoms with Crippen molar-refractivity contribution < 1.29 is 4.79 Å². The summed E-state index contributed by atoms with van der Waals surface area (Å²) in [5, 5.41) is 5.01. The Hall–Kier alpha value is -1.14. The first-order chi connectivity index (χ1) is 10.2. The maximum atomic E-state index is 11.7. The zero-order valence-corrected chi connectivity index (χ0v) is 14.0. The molecule has 0 radical (unpaired) electrons. The van der Waals surface area contributed by atoms with Gasteiger partial charge in [-0.2, -0.15) is 0 Å². The minimum Gasteiger partial charge on any atom is -0.356 e. The van der Waals surface area contributed by atoms with E-state index in [1.165, 1.54) is 40.4 Å². The molecular weight excluding hydrogens is 302 g/mol. The predicted octanol–water partition coefficient (Wildman–Crippen LogP) is 3.11. The van der Waals surface area contributed by atoms with Gasteiger partial charge in [0.15, 0.2) is 0 Å². The van der Waals surface area contributed by atoms with Crippen LogP contribution in [0.25, 0.3) is 10.2 Å². The molecular formula is C15H19N3OS2. The molecule has 0 aliphatic heterocycles. The normalized spacial score (nSPS) is 14.2. The van der Waals surface area contributed by atoms with Crippen molar-refractivity contribution in [3.8, 4) is 0 Å². The molecule has 0 saturated heterocycles. The van der Waals surface area contributed by atoms with E-state index in [0.29, 0.717) is 12.3 Å². The summed E-state index contributed by atoms with van der Waals surface area (Å²) >= 11 is 3.34. The van der Waals surface area contributed by atoms with E-state index in [1.807, 2.05) is 25.2 Å². The summed E-state index contributed by atoms with van der Waals surface area (Å²) in [4.78, 5) is 23.4. The molecule has 0 aromatic carbocycles. The van der Waals surface area contributed by atoms with Crippen LogP contribution in [0.3, 0.4) is 0 Å². The van der Waals surface area contributed by atoms with Crippen molar-refractivity contribution in [1.29, 1.82) is 0 Å². The Morgan fingerprint density at radius 3 is 2.95 bits per heavy atom. The summed E-state index contributed by atoms with van der Waals surface area (Å²) in [6.07, 6.45) is 4.80. The molecule has 3 rings (SSSR count). The Morgan fingerprint density at radius 1 is 1.33 bits per heavy atom. The van der Waals surface area contributed by atoms with Crippen LogP contribution in [-0.4, -0.2) is 28.2 Å². The highest BCUT2D eigenvalue weighted by Gasteiger charge is 2.21. The van der Waals surface area contributed by atoms with Gasteiger partial charge in [-0.25, -0.2) is 9.97 Å². The van der Waals surface area contributed by atoms with Gasteiger partial charge in [-0.3, -0.25) is 4.79 Å². The van der Waals surface area contributed by atoms with E-state index in [0.717, 1.165) is 28.5 Å². The van der Waals surface area contributed by atoms with Crippen molar-refractivity contribution in [1.82, 2.24) is 15.3 Å². The summed E-state index contributed by atoms with van der Waals surface area (Å²) in [5.41, 5.74) is 1.43. The molecule has 2 aromatic rings. The number of carbonyl (C=O) groups is 1. The van der Waals surface area contributed by atoms with Gasteiger partial charge in [-0.15, -0.1) is 11.3 Å². The Bertz CT molecular complexity index is 681. The third-order valence-electron chi connectivity index (χ3n) is 3.61. The number of aryl methyl sites for hydroxylation is 3. The first-order valence-electron chi connectivity index (χ1n) is 7.37. The van der Waals surface area contributed by atoms with Crippen molar-refractivity contribution in [3.05, 3.63) is 16.3 Å². The molecule has 1 amide bonds. The summed E-state index contributed by atoms with van der Waals surface area (Å²) < 4.78 is 0. The molecule has 2 heterocycles. The van der Waals surface area contributed by atoms with Crippen LogP contribution in [-0.2, 0) is 17.6 Å². The number of hydrogen-bond acceptors (Lipinski definition) is 5. The van der Waals surface area contributed by atoms with Crippen LogP contribution in [0.2, 0.25) is 0 Å². The Morgan fingerprint density at radius 2 is 2.14 bits per heavy atom. The maximum Gasteiger partial charge on any atom is 0.230 e. The number of amides is 1. The Kier molecular flexibility index (Phi) is 4.45. The number of thioether (sulfide) groups is 1. The number of carbonyl (C=O) groups excluding carboxylic acids is 1. The fourth-order valence-electron chi connectivity index (χ4n) is 2.71. The second-order valence-corrected chi connectivity index (χ2v) is 7.26. The lowest BCUT2D eigenvalue weighted by atomic mass is 9.97. The van der Waals surface area contributed by atoms with Crippen LogP contribution in [0.5, 0.6) is 0 Å². The van der Waals surface area contributed by atoms with E-state index in [2.05, 4.69) is 15.3 Å². The molecule has 0 fully saturated rings. The lowest BCUT2D eigenvalue weighted by molar-refractivity contribution is -0.118. The predicted molar refractivity (Wildman–Crippen MR) is 88.2 cm³/mol. The van der Waals surface area contributed by atoms with Crippen LogP contribution in [0.1, 0.15) is 36.0 Å². The van der Waals surface area contributed by atoms with E-state index in [9.17, 15) is 4.79 Å². The monoisotopic (exact) mass is 321 g/mol. The molecule has 112 valence electrons. The van der Waals surface area contributed by atoms with E-state index in [4.69, 9.17) is 0 Å². The van der Waals surface area contributed by atoms with Gasteiger partial charge in [0.05, 0.1) is 5.75 Å². The molecule has 1 N–H and O–H groups in total. The fraction of sp³-hybridized carbons (Fsp3) is 0.533. The highest BCUT2D eigenvalue weighted by molar-refractivity contribution is 8.00. The summed E-state index contributed by atoms with van der Waals surface area (Å²) in [5.74, 6) is 1.28. The van der Waals surface area contributed by atoms with Crippen LogP contribution in [0.4, 0.5) is 0 Å². The largest absolute Gasteiger partial charge is 0.356 e. The van der Waals surface area contributed by atoms with Gasteiger partial charge < -0.3 is 5.32 Å². The standard InChI is InChI=1S/C15H19N3OS2/c1-3-16-12(19)8-20-14-13-10-6-4-5-7-11(10)21-15(13)18-9(2)17-14/h3-8H2,1-2H3,(H,16,19). The summed E-state index contributed by atoms with van der Waals surface area (Å²) in [7, 11) is 0. The van der Waals surface area contributed by atoms with Gasteiger partial charge in [0.2, 0.25) is 5.91 Å². The minimum atomic E-state index is 0.0658. The second-order valence-electron chi connectivity index (χ2n) is 5.21. The molecule has 1 aliphatic carbocycles. The van der Waals surface area contributed by atoms with Crippen LogP contribution in [0.15, 0.2) is 5.03 Å². The van der Waals surface area contributed by atoms with Gasteiger partial charge in [-0.1, -0.05) is 11.8 Å². The topological polar surface area (TPSA) is 54.9 Å². The molecule has 21 heavy (non-hydrogen) atoms.